The fraction of sp³-hybridized carbons (Fsp3) is 0.263. The van der Waals surface area contributed by atoms with Crippen molar-refractivity contribution in [2.45, 2.75) is 25.5 Å². The molecule has 3 rings (SSSR count). The van der Waals surface area contributed by atoms with Crippen LogP contribution in [0.1, 0.15) is 18.4 Å². The molecular weight excluding hydrogens is 354 g/mol. The monoisotopic (exact) mass is 373 g/mol. The van der Waals surface area contributed by atoms with Crippen molar-refractivity contribution in [3.05, 3.63) is 59.1 Å². The van der Waals surface area contributed by atoms with Crippen LogP contribution in [0.4, 0.5) is 16.2 Å². The standard InChI is InChI=1S/C19H20ClN3O3/c20-14-5-2-7-16(11-14)23-19(25)21-12-13-4-1-6-15(10-13)22-18(24)17-8-3-9-26-17/h1-2,4-7,10-11,17H,3,8-9,12H2,(H,22,24)(H2,21,23,25). The van der Waals surface area contributed by atoms with Crippen molar-refractivity contribution in [2.24, 2.45) is 0 Å². The van der Waals surface area contributed by atoms with Crippen LogP contribution in [0.2, 0.25) is 5.02 Å². The minimum absolute atomic E-state index is 0.133. The lowest BCUT2D eigenvalue weighted by Crippen LogP contribution is -2.28. The lowest BCUT2D eigenvalue weighted by Gasteiger charge is -2.12. The first kappa shape index (κ1) is 18.2. The Hall–Kier alpha value is -2.57. The highest BCUT2D eigenvalue weighted by atomic mass is 35.5. The first-order valence-electron chi connectivity index (χ1n) is 8.42. The van der Waals surface area contributed by atoms with Crippen LogP contribution in [0, 0.1) is 0 Å². The average molecular weight is 374 g/mol. The SMILES string of the molecule is O=C(NCc1cccc(NC(=O)C2CCCO2)c1)Nc1cccc(Cl)c1. The third-order valence-electron chi connectivity index (χ3n) is 3.95. The van der Waals surface area contributed by atoms with E-state index in [1.165, 1.54) is 0 Å². The Kier molecular flexibility index (Phi) is 6.09. The number of nitrogens with one attached hydrogen (secondary N) is 3. The van der Waals surface area contributed by atoms with Gasteiger partial charge in [-0.25, -0.2) is 4.79 Å². The Morgan fingerprint density at radius 3 is 2.58 bits per heavy atom. The number of amides is 3. The smallest absolute Gasteiger partial charge is 0.319 e. The highest BCUT2D eigenvalue weighted by Gasteiger charge is 2.23. The van der Waals surface area contributed by atoms with Crippen LogP contribution in [0.15, 0.2) is 48.5 Å². The molecule has 3 amide bonds. The topological polar surface area (TPSA) is 79.5 Å². The molecule has 0 spiro atoms. The minimum Gasteiger partial charge on any atom is -0.368 e. The van der Waals surface area contributed by atoms with Crippen LogP contribution in [-0.4, -0.2) is 24.6 Å². The van der Waals surface area contributed by atoms with E-state index >= 15 is 0 Å². The summed E-state index contributed by atoms with van der Waals surface area (Å²) < 4.78 is 5.37. The molecule has 0 radical (unpaired) electrons. The summed E-state index contributed by atoms with van der Waals surface area (Å²) >= 11 is 5.89. The highest BCUT2D eigenvalue weighted by Crippen LogP contribution is 2.17. The van der Waals surface area contributed by atoms with Crippen LogP contribution in [-0.2, 0) is 16.1 Å². The Balaban J connectivity index is 1.51. The van der Waals surface area contributed by atoms with Crippen molar-refractivity contribution in [1.29, 1.82) is 0 Å². The van der Waals surface area contributed by atoms with Crippen molar-refractivity contribution in [2.75, 3.05) is 17.2 Å². The van der Waals surface area contributed by atoms with E-state index in [0.29, 0.717) is 29.5 Å². The first-order valence-corrected chi connectivity index (χ1v) is 8.80. The van der Waals surface area contributed by atoms with Crippen molar-refractivity contribution in [3.63, 3.8) is 0 Å². The molecular formula is C19H20ClN3O3. The zero-order chi connectivity index (χ0) is 18.4. The number of carbonyl (C=O) groups excluding carboxylic acids is 2. The van der Waals surface area contributed by atoms with E-state index in [9.17, 15) is 9.59 Å². The van der Waals surface area contributed by atoms with Gasteiger partial charge in [0, 0.05) is 29.5 Å². The second-order valence-corrected chi connectivity index (χ2v) is 6.45. The molecule has 0 bridgehead atoms. The molecule has 6 nitrogen and oxygen atoms in total. The fourth-order valence-electron chi connectivity index (χ4n) is 2.69. The lowest BCUT2D eigenvalue weighted by atomic mass is 10.2. The third-order valence-corrected chi connectivity index (χ3v) is 4.19. The van der Waals surface area contributed by atoms with Crippen LogP contribution in [0.5, 0.6) is 0 Å². The summed E-state index contributed by atoms with van der Waals surface area (Å²) in [6.45, 7) is 0.958. The molecule has 1 heterocycles. The van der Waals surface area contributed by atoms with Gasteiger partial charge in [0.2, 0.25) is 0 Å². The van der Waals surface area contributed by atoms with Gasteiger partial charge in [-0.05, 0) is 48.7 Å². The van der Waals surface area contributed by atoms with Crippen molar-refractivity contribution < 1.29 is 14.3 Å². The molecule has 2 aromatic carbocycles. The predicted octanol–water partition coefficient (Wildman–Crippen LogP) is 3.78. The average Bonchev–Trinajstić information content (AvgIpc) is 3.15. The van der Waals surface area contributed by atoms with Crippen molar-refractivity contribution in [3.8, 4) is 0 Å². The first-order chi connectivity index (χ1) is 12.6. The summed E-state index contributed by atoms with van der Waals surface area (Å²) in [7, 11) is 0. The van der Waals surface area contributed by atoms with E-state index in [1.54, 1.807) is 24.3 Å². The van der Waals surface area contributed by atoms with E-state index in [1.807, 2.05) is 24.3 Å². The van der Waals surface area contributed by atoms with E-state index < -0.39 is 0 Å². The number of hydrogen-bond acceptors (Lipinski definition) is 3. The Labute approximate surface area is 156 Å². The van der Waals surface area contributed by atoms with Crippen molar-refractivity contribution >= 4 is 34.9 Å². The molecule has 7 heteroatoms. The number of carbonyl (C=O) groups is 2. The van der Waals surface area contributed by atoms with Crippen molar-refractivity contribution in [1.82, 2.24) is 5.32 Å². The normalized spacial score (nSPS) is 16.1. The fourth-order valence-corrected chi connectivity index (χ4v) is 2.88. The predicted molar refractivity (Wildman–Crippen MR) is 101 cm³/mol. The Morgan fingerprint density at radius 1 is 1.08 bits per heavy atom. The number of anilines is 2. The van der Waals surface area contributed by atoms with Gasteiger partial charge in [0.25, 0.3) is 5.91 Å². The molecule has 1 unspecified atom stereocenters. The Morgan fingerprint density at radius 2 is 1.85 bits per heavy atom. The molecule has 0 saturated carbocycles. The van der Waals surface area contributed by atoms with Gasteiger partial charge in [0.05, 0.1) is 0 Å². The van der Waals surface area contributed by atoms with Crippen LogP contribution < -0.4 is 16.0 Å². The highest BCUT2D eigenvalue weighted by molar-refractivity contribution is 6.30. The second kappa shape index (κ2) is 8.69. The Bertz CT molecular complexity index is 791. The number of ether oxygens (including phenoxy) is 1. The summed E-state index contributed by atoms with van der Waals surface area (Å²) in [6, 6.07) is 13.9. The van der Waals surface area contributed by atoms with Crippen LogP contribution in [0.3, 0.4) is 0 Å². The molecule has 1 saturated heterocycles. The number of urea groups is 1. The third kappa shape index (κ3) is 5.21. The summed E-state index contributed by atoms with van der Waals surface area (Å²) in [5.41, 5.74) is 2.17. The van der Waals surface area contributed by atoms with Gasteiger partial charge in [-0.2, -0.15) is 0 Å². The van der Waals surface area contributed by atoms with E-state index in [2.05, 4.69) is 16.0 Å². The quantitative estimate of drug-likeness (QED) is 0.746. The van der Waals surface area contributed by atoms with Gasteiger partial charge in [0.15, 0.2) is 0 Å². The maximum Gasteiger partial charge on any atom is 0.319 e. The zero-order valence-corrected chi connectivity index (χ0v) is 14.9. The van der Waals surface area contributed by atoms with Gasteiger partial charge in [-0.1, -0.05) is 29.8 Å². The molecule has 1 fully saturated rings. The molecule has 2 aromatic rings. The van der Waals surface area contributed by atoms with Gasteiger partial charge < -0.3 is 20.7 Å². The summed E-state index contributed by atoms with van der Waals surface area (Å²) in [4.78, 5) is 24.1. The second-order valence-electron chi connectivity index (χ2n) is 6.01. The largest absolute Gasteiger partial charge is 0.368 e. The maximum absolute atomic E-state index is 12.1. The number of rotatable bonds is 5. The number of hydrogen-bond donors (Lipinski definition) is 3. The molecule has 26 heavy (non-hydrogen) atoms. The van der Waals surface area contributed by atoms with Crippen LogP contribution >= 0.6 is 11.6 Å². The van der Waals surface area contributed by atoms with Gasteiger partial charge >= 0.3 is 6.03 Å². The number of halogens is 1. The summed E-state index contributed by atoms with van der Waals surface area (Å²) in [5, 5.41) is 8.89. The summed E-state index contributed by atoms with van der Waals surface area (Å²) in [6.07, 6.45) is 1.28. The van der Waals surface area contributed by atoms with Gasteiger partial charge in [-0.15, -0.1) is 0 Å². The molecule has 1 aliphatic rings. The molecule has 1 aliphatic heterocycles. The minimum atomic E-state index is -0.375. The number of benzene rings is 2. The molecule has 0 aliphatic carbocycles. The maximum atomic E-state index is 12.1. The summed E-state index contributed by atoms with van der Waals surface area (Å²) in [5.74, 6) is -0.133. The van der Waals surface area contributed by atoms with E-state index in [-0.39, 0.29) is 18.0 Å². The molecule has 1 atom stereocenters. The lowest BCUT2D eigenvalue weighted by molar-refractivity contribution is -0.124. The van der Waals surface area contributed by atoms with Gasteiger partial charge in [-0.3, -0.25) is 4.79 Å². The van der Waals surface area contributed by atoms with Crippen LogP contribution in [0.25, 0.3) is 0 Å². The van der Waals surface area contributed by atoms with E-state index in [0.717, 1.165) is 18.4 Å². The molecule has 0 aromatic heterocycles. The zero-order valence-electron chi connectivity index (χ0n) is 14.1. The van der Waals surface area contributed by atoms with E-state index in [4.69, 9.17) is 16.3 Å². The molecule has 3 N–H and O–H groups in total. The van der Waals surface area contributed by atoms with Gasteiger partial charge in [0.1, 0.15) is 6.10 Å². The molecule has 136 valence electrons.